The maximum atomic E-state index is 5.63. The molecule has 2 nitrogen and oxygen atoms in total. The zero-order chi connectivity index (χ0) is 8.97. The molecule has 0 heterocycles. The minimum Gasteiger partial charge on any atom is -0.476 e. The Bertz CT molecular complexity index is 247. The highest BCUT2D eigenvalue weighted by Crippen LogP contribution is 2.13. The van der Waals surface area contributed by atoms with Gasteiger partial charge in [0.15, 0.2) is 0 Å². The molecule has 0 radical (unpaired) electrons. The van der Waals surface area contributed by atoms with Crippen LogP contribution in [0.15, 0.2) is 24.3 Å². The number of aryl methyl sites for hydroxylation is 1. The van der Waals surface area contributed by atoms with Crippen molar-refractivity contribution in [3.05, 3.63) is 29.8 Å². The lowest BCUT2D eigenvalue weighted by atomic mass is 10.2. The van der Waals surface area contributed by atoms with Crippen molar-refractivity contribution >= 4 is 0 Å². The van der Waals surface area contributed by atoms with Crippen LogP contribution in [0.25, 0.3) is 0 Å². The summed E-state index contributed by atoms with van der Waals surface area (Å²) in [6.45, 7) is 4.03. The smallest absolute Gasteiger partial charge is 0.147 e. The van der Waals surface area contributed by atoms with Gasteiger partial charge in [-0.25, -0.2) is 0 Å². The van der Waals surface area contributed by atoms with Crippen LogP contribution in [0.2, 0.25) is 0 Å². The first-order chi connectivity index (χ1) is 5.72. The van der Waals surface area contributed by atoms with Crippen LogP contribution in [0.4, 0.5) is 0 Å². The summed E-state index contributed by atoms with van der Waals surface area (Å²) in [5.74, 6) is 0.851. The van der Waals surface area contributed by atoms with Crippen LogP contribution in [0.1, 0.15) is 18.9 Å². The Kier molecular flexibility index (Phi) is 3.11. The quantitative estimate of drug-likeness (QED) is 0.696. The van der Waals surface area contributed by atoms with Gasteiger partial charge in [0.1, 0.15) is 12.0 Å². The number of benzene rings is 1. The van der Waals surface area contributed by atoms with Gasteiger partial charge in [-0.1, -0.05) is 19.1 Å². The Labute approximate surface area is 73.3 Å². The third-order valence-corrected chi connectivity index (χ3v) is 1.68. The Hall–Kier alpha value is -1.02. The van der Waals surface area contributed by atoms with Gasteiger partial charge in [-0.15, -0.1) is 0 Å². The van der Waals surface area contributed by atoms with Gasteiger partial charge in [0.2, 0.25) is 0 Å². The van der Waals surface area contributed by atoms with Crippen molar-refractivity contribution in [1.82, 2.24) is 0 Å². The number of hydrogen-bond acceptors (Lipinski definition) is 2. The molecule has 0 aliphatic rings. The molecule has 1 atom stereocenters. The number of nitrogens with two attached hydrogens (primary N) is 1. The average Bonchev–Trinajstić information content (AvgIpc) is 2.04. The highest BCUT2D eigenvalue weighted by molar-refractivity contribution is 5.27. The van der Waals surface area contributed by atoms with E-state index in [2.05, 4.69) is 0 Å². The van der Waals surface area contributed by atoms with Crippen molar-refractivity contribution in [2.75, 3.05) is 0 Å². The van der Waals surface area contributed by atoms with E-state index in [9.17, 15) is 0 Å². The number of ether oxygens (including phenoxy) is 1. The molecule has 66 valence electrons. The molecule has 0 amide bonds. The SMILES string of the molecule is CCC(N)Oc1cccc(C)c1. The molecule has 0 aliphatic heterocycles. The second kappa shape index (κ2) is 4.12. The minimum atomic E-state index is -0.188. The maximum Gasteiger partial charge on any atom is 0.147 e. The minimum absolute atomic E-state index is 0.188. The second-order valence-electron chi connectivity index (χ2n) is 2.88. The van der Waals surface area contributed by atoms with E-state index >= 15 is 0 Å². The Balaban J connectivity index is 2.63. The third-order valence-electron chi connectivity index (χ3n) is 1.68. The van der Waals surface area contributed by atoms with Crippen LogP contribution >= 0.6 is 0 Å². The molecular weight excluding hydrogens is 150 g/mol. The standard InChI is InChI=1S/C10H15NO/c1-3-10(11)12-9-6-4-5-8(2)7-9/h4-7,10H,3,11H2,1-2H3. The van der Waals surface area contributed by atoms with Crippen LogP contribution in [-0.2, 0) is 0 Å². The first kappa shape index (κ1) is 9.07. The van der Waals surface area contributed by atoms with Crippen molar-refractivity contribution in [2.24, 2.45) is 5.73 Å². The van der Waals surface area contributed by atoms with E-state index in [1.807, 2.05) is 38.1 Å². The summed E-state index contributed by atoms with van der Waals surface area (Å²) < 4.78 is 5.42. The maximum absolute atomic E-state index is 5.63. The molecule has 0 saturated carbocycles. The lowest BCUT2D eigenvalue weighted by molar-refractivity contribution is 0.205. The first-order valence-electron chi connectivity index (χ1n) is 4.21. The van der Waals surface area contributed by atoms with Crippen LogP contribution in [-0.4, -0.2) is 6.23 Å². The van der Waals surface area contributed by atoms with E-state index < -0.39 is 0 Å². The summed E-state index contributed by atoms with van der Waals surface area (Å²) in [4.78, 5) is 0. The van der Waals surface area contributed by atoms with Crippen LogP contribution in [0.5, 0.6) is 5.75 Å². The Morgan fingerprint density at radius 1 is 1.50 bits per heavy atom. The first-order valence-corrected chi connectivity index (χ1v) is 4.21. The fourth-order valence-electron chi connectivity index (χ4n) is 0.947. The molecule has 1 rings (SSSR count). The summed E-state index contributed by atoms with van der Waals surface area (Å²) in [6.07, 6.45) is 0.639. The molecule has 0 aliphatic carbocycles. The highest BCUT2D eigenvalue weighted by Gasteiger charge is 1.99. The van der Waals surface area contributed by atoms with Crippen LogP contribution in [0, 0.1) is 6.92 Å². The van der Waals surface area contributed by atoms with Crippen molar-refractivity contribution in [3.63, 3.8) is 0 Å². The molecule has 1 aromatic rings. The lowest BCUT2D eigenvalue weighted by Gasteiger charge is -2.12. The summed E-state index contributed by atoms with van der Waals surface area (Å²) in [5, 5.41) is 0. The van der Waals surface area contributed by atoms with Crippen molar-refractivity contribution in [1.29, 1.82) is 0 Å². The number of hydrogen-bond donors (Lipinski definition) is 1. The van der Waals surface area contributed by atoms with Gasteiger partial charge in [-0.3, -0.25) is 5.73 Å². The third kappa shape index (κ3) is 2.55. The van der Waals surface area contributed by atoms with Gasteiger partial charge in [0.25, 0.3) is 0 Å². The van der Waals surface area contributed by atoms with Crippen LogP contribution in [0.3, 0.4) is 0 Å². The molecule has 0 bridgehead atoms. The number of rotatable bonds is 3. The van der Waals surface area contributed by atoms with Crippen molar-refractivity contribution in [3.8, 4) is 5.75 Å². The monoisotopic (exact) mass is 165 g/mol. The van der Waals surface area contributed by atoms with E-state index in [1.165, 1.54) is 5.56 Å². The van der Waals surface area contributed by atoms with Crippen molar-refractivity contribution < 1.29 is 4.74 Å². The predicted molar refractivity (Wildman–Crippen MR) is 50.1 cm³/mol. The van der Waals surface area contributed by atoms with Gasteiger partial charge >= 0.3 is 0 Å². The fraction of sp³-hybridized carbons (Fsp3) is 0.400. The molecule has 1 unspecified atom stereocenters. The Morgan fingerprint density at radius 3 is 2.83 bits per heavy atom. The molecule has 2 N–H and O–H groups in total. The molecule has 12 heavy (non-hydrogen) atoms. The zero-order valence-corrected chi connectivity index (χ0v) is 7.58. The van der Waals surface area contributed by atoms with E-state index in [0.717, 1.165) is 12.2 Å². The van der Waals surface area contributed by atoms with E-state index in [-0.39, 0.29) is 6.23 Å². The van der Waals surface area contributed by atoms with Gasteiger partial charge in [0, 0.05) is 0 Å². The van der Waals surface area contributed by atoms with E-state index in [1.54, 1.807) is 0 Å². The molecule has 0 aromatic heterocycles. The summed E-state index contributed by atoms with van der Waals surface area (Å²) in [6, 6.07) is 7.90. The largest absolute Gasteiger partial charge is 0.476 e. The van der Waals surface area contributed by atoms with E-state index in [4.69, 9.17) is 10.5 Å². The molecular formula is C10H15NO. The highest BCUT2D eigenvalue weighted by atomic mass is 16.5. The normalized spacial score (nSPS) is 12.6. The average molecular weight is 165 g/mol. The van der Waals surface area contributed by atoms with Gasteiger partial charge in [-0.05, 0) is 31.0 Å². The second-order valence-corrected chi connectivity index (χ2v) is 2.88. The lowest BCUT2D eigenvalue weighted by Crippen LogP contribution is -2.25. The Morgan fingerprint density at radius 2 is 2.25 bits per heavy atom. The molecule has 1 aromatic carbocycles. The zero-order valence-electron chi connectivity index (χ0n) is 7.58. The molecule has 2 heteroatoms. The predicted octanol–water partition coefficient (Wildman–Crippen LogP) is 2.07. The summed E-state index contributed by atoms with van der Waals surface area (Å²) in [5.41, 5.74) is 6.82. The van der Waals surface area contributed by atoms with Gasteiger partial charge in [0.05, 0.1) is 0 Å². The molecule has 0 saturated heterocycles. The van der Waals surface area contributed by atoms with E-state index in [0.29, 0.717) is 0 Å². The summed E-state index contributed by atoms with van der Waals surface area (Å²) in [7, 11) is 0. The molecule has 0 fully saturated rings. The van der Waals surface area contributed by atoms with Crippen LogP contribution < -0.4 is 10.5 Å². The fourth-order valence-corrected chi connectivity index (χ4v) is 0.947. The van der Waals surface area contributed by atoms with Crippen molar-refractivity contribution in [2.45, 2.75) is 26.5 Å². The topological polar surface area (TPSA) is 35.2 Å². The van der Waals surface area contributed by atoms with Gasteiger partial charge in [-0.2, -0.15) is 0 Å². The van der Waals surface area contributed by atoms with Gasteiger partial charge < -0.3 is 4.74 Å². The summed E-state index contributed by atoms with van der Waals surface area (Å²) >= 11 is 0. The molecule has 0 spiro atoms.